The molecular formula is C26H32N4O3. The van der Waals surface area contributed by atoms with Crippen LogP contribution in [-0.4, -0.2) is 51.5 Å². The minimum absolute atomic E-state index is 0.0908. The zero-order valence-electron chi connectivity index (χ0n) is 19.4. The van der Waals surface area contributed by atoms with Crippen molar-refractivity contribution in [3.8, 4) is 0 Å². The summed E-state index contributed by atoms with van der Waals surface area (Å²) in [5, 5.41) is 0. The first-order chi connectivity index (χ1) is 16.0. The van der Waals surface area contributed by atoms with Gasteiger partial charge in [0.25, 0.3) is 11.5 Å². The lowest BCUT2D eigenvalue weighted by atomic mass is 9.73. The molecule has 2 aromatic heterocycles. The maximum atomic E-state index is 13.6. The standard InChI is InChI=1S/C26H32N4O3/c1-17-13-21-20(14-19(17)25(32)29-10-9-26(16-29)7-3-2-4-8-26)28-24(31)22-15-27-23(30(21)22)18-5-11-33-12-6-18/h13-15,18H,2-12,16H2,1H3,(H,28,31). The molecule has 1 N–H and O–H groups in total. The number of aryl methyl sites for hydroxylation is 1. The summed E-state index contributed by atoms with van der Waals surface area (Å²) in [7, 11) is 0. The Morgan fingerprint density at radius 1 is 1.12 bits per heavy atom. The predicted molar refractivity (Wildman–Crippen MR) is 127 cm³/mol. The van der Waals surface area contributed by atoms with Crippen molar-refractivity contribution in [2.24, 2.45) is 5.41 Å². The van der Waals surface area contributed by atoms with Crippen LogP contribution >= 0.6 is 0 Å². The van der Waals surface area contributed by atoms with Crippen molar-refractivity contribution in [1.29, 1.82) is 0 Å². The quantitative estimate of drug-likeness (QED) is 0.638. The van der Waals surface area contributed by atoms with Crippen LogP contribution in [0.5, 0.6) is 0 Å². The smallest absolute Gasteiger partial charge is 0.274 e. The fourth-order valence-electron chi connectivity index (χ4n) is 6.41. The Kier molecular flexibility index (Phi) is 5.05. The van der Waals surface area contributed by atoms with Crippen LogP contribution in [0, 0.1) is 12.3 Å². The van der Waals surface area contributed by atoms with Crippen LogP contribution in [0.2, 0.25) is 0 Å². The van der Waals surface area contributed by atoms with Crippen LogP contribution in [0.1, 0.15) is 79.0 Å². The number of aromatic amines is 1. The van der Waals surface area contributed by atoms with Crippen LogP contribution in [0.4, 0.5) is 0 Å². The van der Waals surface area contributed by atoms with E-state index in [-0.39, 0.29) is 17.4 Å². The summed E-state index contributed by atoms with van der Waals surface area (Å²) in [6.07, 6.45) is 11.0. The second-order valence-corrected chi connectivity index (χ2v) is 10.4. The Hall–Kier alpha value is -2.67. The van der Waals surface area contributed by atoms with Gasteiger partial charge in [0.15, 0.2) is 0 Å². The number of rotatable bonds is 2. The molecule has 0 radical (unpaired) electrons. The highest BCUT2D eigenvalue weighted by molar-refractivity contribution is 5.99. The normalized spacial score (nSPS) is 21.4. The van der Waals surface area contributed by atoms with Crippen molar-refractivity contribution in [2.75, 3.05) is 26.3 Å². The molecule has 1 saturated carbocycles. The molecule has 33 heavy (non-hydrogen) atoms. The van der Waals surface area contributed by atoms with Crippen LogP contribution < -0.4 is 5.56 Å². The summed E-state index contributed by atoms with van der Waals surface area (Å²) >= 11 is 0. The molecule has 0 atom stereocenters. The number of carbonyl (C=O) groups excluding carboxylic acids is 1. The predicted octanol–water partition coefficient (Wildman–Crippen LogP) is 4.17. The van der Waals surface area contributed by atoms with Gasteiger partial charge in [-0.05, 0) is 62.1 Å². The summed E-state index contributed by atoms with van der Waals surface area (Å²) in [6.45, 7) is 5.14. The van der Waals surface area contributed by atoms with Gasteiger partial charge in [0.1, 0.15) is 11.3 Å². The summed E-state index contributed by atoms with van der Waals surface area (Å²) in [6, 6.07) is 3.93. The number of hydrogen-bond acceptors (Lipinski definition) is 4. The van der Waals surface area contributed by atoms with Crippen LogP contribution in [0.3, 0.4) is 0 Å². The number of hydrogen-bond donors (Lipinski definition) is 1. The molecular weight excluding hydrogens is 416 g/mol. The lowest BCUT2D eigenvalue weighted by Gasteiger charge is -2.33. The van der Waals surface area contributed by atoms with Gasteiger partial charge in [-0.15, -0.1) is 0 Å². The minimum atomic E-state index is -0.169. The van der Waals surface area contributed by atoms with E-state index in [0.717, 1.165) is 62.5 Å². The van der Waals surface area contributed by atoms with E-state index in [1.54, 1.807) is 6.20 Å². The number of H-pyrrole nitrogens is 1. The van der Waals surface area contributed by atoms with E-state index in [9.17, 15) is 9.59 Å². The molecule has 3 aliphatic rings. The highest BCUT2D eigenvalue weighted by Crippen LogP contribution is 2.44. The van der Waals surface area contributed by atoms with Crippen LogP contribution in [0.25, 0.3) is 16.6 Å². The van der Waals surface area contributed by atoms with Gasteiger partial charge in [0.05, 0.1) is 17.2 Å². The van der Waals surface area contributed by atoms with Gasteiger partial charge in [0.2, 0.25) is 0 Å². The zero-order chi connectivity index (χ0) is 22.6. The Balaban J connectivity index is 1.40. The Morgan fingerprint density at radius 2 is 1.91 bits per heavy atom. The average Bonchev–Trinajstić information content (AvgIpc) is 3.46. The van der Waals surface area contributed by atoms with Crippen molar-refractivity contribution in [3.63, 3.8) is 0 Å². The third-order valence-electron chi connectivity index (χ3n) is 8.31. The van der Waals surface area contributed by atoms with Gasteiger partial charge in [-0.1, -0.05) is 19.3 Å². The third-order valence-corrected chi connectivity index (χ3v) is 8.31. The molecule has 1 amide bonds. The lowest BCUT2D eigenvalue weighted by molar-refractivity contribution is 0.0758. The van der Waals surface area contributed by atoms with Gasteiger partial charge in [-0.3, -0.25) is 14.0 Å². The monoisotopic (exact) mass is 448 g/mol. The molecule has 4 heterocycles. The molecule has 7 heteroatoms. The molecule has 3 fully saturated rings. The molecule has 174 valence electrons. The maximum Gasteiger partial charge on any atom is 0.274 e. The molecule has 0 bridgehead atoms. The Morgan fingerprint density at radius 3 is 2.70 bits per heavy atom. The number of benzene rings is 1. The molecule has 2 saturated heterocycles. The van der Waals surface area contributed by atoms with E-state index < -0.39 is 0 Å². The summed E-state index contributed by atoms with van der Waals surface area (Å²) in [4.78, 5) is 36.1. The fourth-order valence-corrected chi connectivity index (χ4v) is 6.41. The minimum Gasteiger partial charge on any atom is -0.381 e. The first-order valence-electron chi connectivity index (χ1n) is 12.5. The number of aromatic nitrogens is 3. The number of carbonyl (C=O) groups is 1. The molecule has 6 rings (SSSR count). The molecule has 0 unspecified atom stereocenters. The van der Waals surface area contributed by atoms with Gasteiger partial charge in [-0.2, -0.15) is 0 Å². The molecule has 1 aromatic carbocycles. The van der Waals surface area contributed by atoms with Crippen molar-refractivity contribution in [1.82, 2.24) is 19.3 Å². The van der Waals surface area contributed by atoms with Crippen LogP contribution in [-0.2, 0) is 4.74 Å². The van der Waals surface area contributed by atoms with E-state index in [1.807, 2.05) is 28.4 Å². The second-order valence-electron chi connectivity index (χ2n) is 10.4. The van der Waals surface area contributed by atoms with Gasteiger partial charge in [0, 0.05) is 37.8 Å². The zero-order valence-corrected chi connectivity index (χ0v) is 19.4. The van der Waals surface area contributed by atoms with E-state index in [4.69, 9.17) is 4.74 Å². The van der Waals surface area contributed by atoms with E-state index in [0.29, 0.717) is 22.0 Å². The van der Waals surface area contributed by atoms with Crippen molar-refractivity contribution in [3.05, 3.63) is 45.6 Å². The van der Waals surface area contributed by atoms with Crippen molar-refractivity contribution < 1.29 is 9.53 Å². The first-order valence-corrected chi connectivity index (χ1v) is 12.5. The highest BCUT2D eigenvalue weighted by Gasteiger charge is 2.40. The number of nitrogens with zero attached hydrogens (tertiary/aromatic N) is 3. The SMILES string of the molecule is Cc1cc2c(cc1C(=O)N1CCC3(CCCCC3)C1)[nH]c(=O)c1cnc(C3CCOCC3)n12. The lowest BCUT2D eigenvalue weighted by Crippen LogP contribution is -2.33. The number of ether oxygens (including phenoxy) is 1. The molecule has 1 spiro atoms. The number of fused-ring (bicyclic) bond motifs is 3. The number of amides is 1. The number of imidazole rings is 1. The average molecular weight is 449 g/mol. The summed E-state index contributed by atoms with van der Waals surface area (Å²) < 4.78 is 7.52. The second kappa shape index (κ2) is 7.97. The van der Waals surface area contributed by atoms with Gasteiger partial charge >= 0.3 is 0 Å². The van der Waals surface area contributed by atoms with Gasteiger partial charge in [-0.25, -0.2) is 4.98 Å². The van der Waals surface area contributed by atoms with Crippen LogP contribution in [0.15, 0.2) is 23.1 Å². The molecule has 3 aromatic rings. The summed E-state index contributed by atoms with van der Waals surface area (Å²) in [5.41, 5.74) is 3.95. The molecule has 1 aliphatic carbocycles. The summed E-state index contributed by atoms with van der Waals surface area (Å²) in [5.74, 6) is 1.28. The maximum absolute atomic E-state index is 13.6. The molecule has 7 nitrogen and oxygen atoms in total. The number of nitrogens with one attached hydrogen (secondary N) is 1. The third kappa shape index (κ3) is 3.48. The van der Waals surface area contributed by atoms with E-state index >= 15 is 0 Å². The number of likely N-dealkylation sites (tertiary alicyclic amines) is 1. The highest BCUT2D eigenvalue weighted by atomic mass is 16.5. The van der Waals surface area contributed by atoms with Crippen molar-refractivity contribution >= 4 is 22.5 Å². The van der Waals surface area contributed by atoms with E-state index in [2.05, 4.69) is 9.97 Å². The fraction of sp³-hybridized carbons (Fsp3) is 0.577. The molecule has 2 aliphatic heterocycles. The van der Waals surface area contributed by atoms with Crippen molar-refractivity contribution in [2.45, 2.75) is 64.2 Å². The van der Waals surface area contributed by atoms with Gasteiger partial charge < -0.3 is 14.6 Å². The first kappa shape index (κ1) is 20.9. The Labute approximate surface area is 193 Å². The largest absolute Gasteiger partial charge is 0.381 e. The topological polar surface area (TPSA) is 79.7 Å². The van der Waals surface area contributed by atoms with E-state index in [1.165, 1.54) is 32.1 Å². The Bertz CT molecular complexity index is 1280.